The highest BCUT2D eigenvalue weighted by atomic mass is 15.2. The van der Waals surface area contributed by atoms with E-state index in [1.807, 2.05) is 11.7 Å². The Balaban J connectivity index is 2.74. The van der Waals surface area contributed by atoms with E-state index in [4.69, 9.17) is 0 Å². The molecule has 2 rings (SSSR count). The van der Waals surface area contributed by atoms with Crippen LogP contribution in [0.2, 0.25) is 0 Å². The van der Waals surface area contributed by atoms with Crippen molar-refractivity contribution in [1.82, 2.24) is 9.78 Å². The smallest absolute Gasteiger partial charge is 0.0955 e. The van der Waals surface area contributed by atoms with Gasteiger partial charge < -0.3 is 0 Å². The standard InChI is InChI=1S/C12H16N2/c1-8(2)11-6-5-10-7-14(4)13-12(10)9(11)3/h5-8H,1-4H3. The number of rotatable bonds is 1. The van der Waals surface area contributed by atoms with Crippen LogP contribution in [0.15, 0.2) is 18.3 Å². The fourth-order valence-electron chi connectivity index (χ4n) is 1.99. The maximum Gasteiger partial charge on any atom is 0.0955 e. The van der Waals surface area contributed by atoms with E-state index in [-0.39, 0.29) is 0 Å². The zero-order valence-corrected chi connectivity index (χ0v) is 9.20. The van der Waals surface area contributed by atoms with Crippen molar-refractivity contribution in [2.45, 2.75) is 26.7 Å². The molecule has 0 bridgehead atoms. The van der Waals surface area contributed by atoms with Crippen molar-refractivity contribution < 1.29 is 0 Å². The Kier molecular flexibility index (Phi) is 2.06. The SMILES string of the molecule is Cc1c(C(C)C)ccc2cn(C)nc12. The van der Waals surface area contributed by atoms with Gasteiger partial charge in [-0.3, -0.25) is 4.68 Å². The topological polar surface area (TPSA) is 17.8 Å². The first-order valence-electron chi connectivity index (χ1n) is 5.02. The molecule has 0 N–H and O–H groups in total. The molecule has 14 heavy (non-hydrogen) atoms. The van der Waals surface area contributed by atoms with Crippen LogP contribution in [0.1, 0.15) is 30.9 Å². The summed E-state index contributed by atoms with van der Waals surface area (Å²) in [5.41, 5.74) is 3.85. The van der Waals surface area contributed by atoms with Gasteiger partial charge in [0.15, 0.2) is 0 Å². The van der Waals surface area contributed by atoms with Crippen LogP contribution < -0.4 is 0 Å². The van der Waals surface area contributed by atoms with Crippen molar-refractivity contribution in [3.63, 3.8) is 0 Å². The molecule has 74 valence electrons. The predicted octanol–water partition coefficient (Wildman–Crippen LogP) is 3.01. The fourth-order valence-corrected chi connectivity index (χ4v) is 1.99. The Hall–Kier alpha value is -1.31. The first-order valence-corrected chi connectivity index (χ1v) is 5.02. The number of nitrogens with zero attached hydrogens (tertiary/aromatic N) is 2. The third-order valence-corrected chi connectivity index (χ3v) is 2.71. The molecular weight excluding hydrogens is 172 g/mol. The summed E-state index contributed by atoms with van der Waals surface area (Å²) in [5.74, 6) is 0.571. The molecule has 0 saturated heterocycles. The van der Waals surface area contributed by atoms with Crippen molar-refractivity contribution in [3.8, 4) is 0 Å². The molecule has 0 atom stereocenters. The molecule has 1 aromatic carbocycles. The Morgan fingerprint density at radius 1 is 1.29 bits per heavy atom. The summed E-state index contributed by atoms with van der Waals surface area (Å²) < 4.78 is 1.88. The van der Waals surface area contributed by atoms with Gasteiger partial charge in [0.2, 0.25) is 0 Å². The van der Waals surface area contributed by atoms with E-state index in [1.54, 1.807) is 0 Å². The second-order valence-electron chi connectivity index (χ2n) is 4.18. The number of fused-ring (bicyclic) bond motifs is 1. The average Bonchev–Trinajstić information content (AvgIpc) is 2.46. The Morgan fingerprint density at radius 2 is 2.00 bits per heavy atom. The minimum Gasteiger partial charge on any atom is -0.275 e. The Bertz CT molecular complexity index is 466. The summed E-state index contributed by atoms with van der Waals surface area (Å²) in [4.78, 5) is 0. The summed E-state index contributed by atoms with van der Waals surface area (Å²) in [6.07, 6.45) is 2.06. The number of benzene rings is 1. The van der Waals surface area contributed by atoms with Crippen LogP contribution in [0.25, 0.3) is 10.9 Å². The quantitative estimate of drug-likeness (QED) is 0.672. The van der Waals surface area contributed by atoms with Crippen molar-refractivity contribution in [3.05, 3.63) is 29.5 Å². The second-order valence-corrected chi connectivity index (χ2v) is 4.18. The van der Waals surface area contributed by atoms with Crippen LogP contribution in [0.5, 0.6) is 0 Å². The van der Waals surface area contributed by atoms with E-state index in [2.05, 4.69) is 44.2 Å². The van der Waals surface area contributed by atoms with E-state index < -0.39 is 0 Å². The van der Waals surface area contributed by atoms with Crippen LogP contribution in [0, 0.1) is 6.92 Å². The number of hydrogen-bond acceptors (Lipinski definition) is 1. The van der Waals surface area contributed by atoms with Crippen LogP contribution in [-0.4, -0.2) is 9.78 Å². The lowest BCUT2D eigenvalue weighted by Gasteiger charge is -2.09. The lowest BCUT2D eigenvalue weighted by molar-refractivity contribution is 0.777. The van der Waals surface area contributed by atoms with Gasteiger partial charge in [-0.15, -0.1) is 0 Å². The fraction of sp³-hybridized carbons (Fsp3) is 0.417. The van der Waals surface area contributed by atoms with Crippen LogP contribution in [-0.2, 0) is 7.05 Å². The first-order chi connectivity index (χ1) is 6.59. The highest BCUT2D eigenvalue weighted by Crippen LogP contribution is 2.25. The van der Waals surface area contributed by atoms with Gasteiger partial charge in [0, 0.05) is 18.6 Å². The minimum atomic E-state index is 0.571. The molecule has 0 radical (unpaired) electrons. The van der Waals surface area contributed by atoms with Crippen LogP contribution in [0.4, 0.5) is 0 Å². The number of aromatic nitrogens is 2. The summed E-state index contributed by atoms with van der Waals surface area (Å²) >= 11 is 0. The molecule has 2 heteroatoms. The number of aryl methyl sites for hydroxylation is 2. The molecule has 2 aromatic rings. The zero-order chi connectivity index (χ0) is 10.3. The highest BCUT2D eigenvalue weighted by molar-refractivity contribution is 5.82. The molecule has 0 fully saturated rings. The Labute approximate surface area is 84.5 Å². The molecular formula is C12H16N2. The molecule has 0 saturated carbocycles. The van der Waals surface area contributed by atoms with Gasteiger partial charge in [-0.05, 0) is 24.0 Å². The Morgan fingerprint density at radius 3 is 2.64 bits per heavy atom. The molecule has 0 aliphatic rings. The van der Waals surface area contributed by atoms with Gasteiger partial charge in [0.05, 0.1) is 5.52 Å². The van der Waals surface area contributed by atoms with E-state index in [1.165, 1.54) is 16.5 Å². The van der Waals surface area contributed by atoms with Crippen LogP contribution >= 0.6 is 0 Å². The summed E-state index contributed by atoms with van der Waals surface area (Å²) in [7, 11) is 1.97. The van der Waals surface area contributed by atoms with E-state index in [9.17, 15) is 0 Å². The third-order valence-electron chi connectivity index (χ3n) is 2.71. The highest BCUT2D eigenvalue weighted by Gasteiger charge is 2.08. The zero-order valence-electron chi connectivity index (χ0n) is 9.20. The second kappa shape index (κ2) is 3.12. The number of hydrogen-bond donors (Lipinski definition) is 0. The molecule has 0 amide bonds. The third kappa shape index (κ3) is 1.31. The van der Waals surface area contributed by atoms with Gasteiger partial charge in [-0.2, -0.15) is 5.10 Å². The van der Waals surface area contributed by atoms with E-state index in [0.717, 1.165) is 5.52 Å². The van der Waals surface area contributed by atoms with Gasteiger partial charge in [0.1, 0.15) is 0 Å². The van der Waals surface area contributed by atoms with Crippen LogP contribution in [0.3, 0.4) is 0 Å². The van der Waals surface area contributed by atoms with Crippen molar-refractivity contribution in [1.29, 1.82) is 0 Å². The van der Waals surface area contributed by atoms with E-state index >= 15 is 0 Å². The molecule has 0 aliphatic carbocycles. The normalized spacial score (nSPS) is 11.5. The predicted molar refractivity (Wildman–Crippen MR) is 59.5 cm³/mol. The molecule has 1 heterocycles. The monoisotopic (exact) mass is 188 g/mol. The van der Waals surface area contributed by atoms with Gasteiger partial charge in [-0.1, -0.05) is 26.0 Å². The maximum atomic E-state index is 4.47. The largest absolute Gasteiger partial charge is 0.275 e. The molecule has 2 nitrogen and oxygen atoms in total. The van der Waals surface area contributed by atoms with Gasteiger partial charge >= 0.3 is 0 Å². The lowest BCUT2D eigenvalue weighted by atomic mass is 9.96. The lowest BCUT2D eigenvalue weighted by Crippen LogP contribution is -1.93. The van der Waals surface area contributed by atoms with Gasteiger partial charge in [-0.25, -0.2) is 0 Å². The first kappa shape index (κ1) is 9.25. The maximum absolute atomic E-state index is 4.47. The summed E-state index contributed by atoms with van der Waals surface area (Å²) in [6.45, 7) is 6.60. The van der Waals surface area contributed by atoms with Gasteiger partial charge in [0.25, 0.3) is 0 Å². The molecule has 0 aliphatic heterocycles. The average molecular weight is 188 g/mol. The van der Waals surface area contributed by atoms with Crippen molar-refractivity contribution in [2.24, 2.45) is 7.05 Å². The summed E-state index contributed by atoms with van der Waals surface area (Å²) in [5, 5.41) is 5.70. The molecule has 0 spiro atoms. The summed E-state index contributed by atoms with van der Waals surface area (Å²) in [6, 6.07) is 4.37. The molecule has 1 aromatic heterocycles. The minimum absolute atomic E-state index is 0.571. The van der Waals surface area contributed by atoms with Crippen molar-refractivity contribution >= 4 is 10.9 Å². The molecule has 0 unspecified atom stereocenters. The van der Waals surface area contributed by atoms with E-state index in [0.29, 0.717) is 5.92 Å². The van der Waals surface area contributed by atoms with Crippen molar-refractivity contribution in [2.75, 3.05) is 0 Å².